The third-order valence-electron chi connectivity index (χ3n) is 3.38. The Hall–Kier alpha value is -1.06. The average Bonchev–Trinajstić information content (AvgIpc) is 2.35. The van der Waals surface area contributed by atoms with E-state index in [9.17, 15) is 0 Å². The molecule has 0 heterocycles. The quantitative estimate of drug-likeness (QED) is 0.732. The molecule has 0 atom stereocenters. The molecule has 0 radical (unpaired) electrons. The summed E-state index contributed by atoms with van der Waals surface area (Å²) in [7, 11) is 1.73. The van der Waals surface area contributed by atoms with Crippen molar-refractivity contribution in [2.75, 3.05) is 20.3 Å². The second kappa shape index (κ2) is 7.39. The Morgan fingerprint density at radius 2 is 1.89 bits per heavy atom. The van der Waals surface area contributed by atoms with Crippen molar-refractivity contribution in [2.45, 2.75) is 40.2 Å². The van der Waals surface area contributed by atoms with Gasteiger partial charge in [-0.1, -0.05) is 6.07 Å². The van der Waals surface area contributed by atoms with E-state index < -0.39 is 0 Å². The molecule has 1 rings (SSSR count). The van der Waals surface area contributed by atoms with Gasteiger partial charge in [-0.25, -0.2) is 0 Å². The standard InChI is InChI=1S/C15H25NO2/c1-11-9-12(2)14(15(18-4)13(11)3)10-16-7-5-6-8-17/h9,16-17H,5-8,10H2,1-4H3. The first-order valence-electron chi connectivity index (χ1n) is 6.57. The average molecular weight is 251 g/mol. The number of aliphatic hydroxyl groups is 1. The number of ether oxygens (including phenoxy) is 1. The van der Waals surface area contributed by atoms with Crippen molar-refractivity contribution in [3.05, 3.63) is 28.3 Å². The molecule has 1 aromatic rings. The first-order valence-corrected chi connectivity index (χ1v) is 6.57. The summed E-state index contributed by atoms with van der Waals surface area (Å²) < 4.78 is 5.54. The van der Waals surface area contributed by atoms with Crippen LogP contribution in [0.1, 0.15) is 35.1 Å². The summed E-state index contributed by atoms with van der Waals surface area (Å²) in [6.07, 6.45) is 1.86. The molecule has 0 amide bonds. The predicted octanol–water partition coefficient (Wildman–Crippen LogP) is 2.48. The van der Waals surface area contributed by atoms with Crippen molar-refractivity contribution in [3.63, 3.8) is 0 Å². The summed E-state index contributed by atoms with van der Waals surface area (Å²) >= 11 is 0. The van der Waals surface area contributed by atoms with Crippen LogP contribution in [0.4, 0.5) is 0 Å². The summed E-state index contributed by atoms with van der Waals surface area (Å²) in [6, 6.07) is 2.21. The van der Waals surface area contributed by atoms with Gasteiger partial charge in [-0.3, -0.25) is 0 Å². The van der Waals surface area contributed by atoms with Crippen LogP contribution >= 0.6 is 0 Å². The maximum Gasteiger partial charge on any atom is 0.126 e. The second-order valence-electron chi connectivity index (χ2n) is 4.75. The zero-order chi connectivity index (χ0) is 13.5. The van der Waals surface area contributed by atoms with Crippen molar-refractivity contribution in [1.82, 2.24) is 5.32 Å². The van der Waals surface area contributed by atoms with E-state index in [2.05, 4.69) is 32.2 Å². The van der Waals surface area contributed by atoms with E-state index >= 15 is 0 Å². The van der Waals surface area contributed by atoms with Crippen LogP contribution in [-0.4, -0.2) is 25.4 Å². The lowest BCUT2D eigenvalue weighted by molar-refractivity contribution is 0.283. The zero-order valence-electron chi connectivity index (χ0n) is 12.0. The van der Waals surface area contributed by atoms with Crippen LogP contribution < -0.4 is 10.1 Å². The van der Waals surface area contributed by atoms with Gasteiger partial charge in [0.2, 0.25) is 0 Å². The van der Waals surface area contributed by atoms with E-state index in [1.165, 1.54) is 22.3 Å². The van der Waals surface area contributed by atoms with Gasteiger partial charge in [-0.15, -0.1) is 0 Å². The van der Waals surface area contributed by atoms with Crippen LogP contribution in [0.25, 0.3) is 0 Å². The molecule has 102 valence electrons. The van der Waals surface area contributed by atoms with Gasteiger partial charge >= 0.3 is 0 Å². The molecule has 0 aliphatic carbocycles. The number of aliphatic hydroxyl groups excluding tert-OH is 1. The highest BCUT2D eigenvalue weighted by Crippen LogP contribution is 2.29. The summed E-state index contributed by atoms with van der Waals surface area (Å²) in [4.78, 5) is 0. The van der Waals surface area contributed by atoms with Gasteiger partial charge in [-0.2, -0.15) is 0 Å². The molecule has 18 heavy (non-hydrogen) atoms. The van der Waals surface area contributed by atoms with Crippen LogP contribution in [-0.2, 0) is 6.54 Å². The Balaban J connectivity index is 2.72. The number of benzene rings is 1. The molecule has 0 saturated carbocycles. The molecule has 0 saturated heterocycles. The minimum Gasteiger partial charge on any atom is -0.496 e. The first-order chi connectivity index (χ1) is 8.61. The Bertz CT molecular complexity index is 389. The van der Waals surface area contributed by atoms with Gasteiger partial charge in [-0.05, 0) is 56.8 Å². The van der Waals surface area contributed by atoms with Gasteiger partial charge in [0, 0.05) is 18.7 Å². The molecule has 0 aliphatic rings. The monoisotopic (exact) mass is 251 g/mol. The van der Waals surface area contributed by atoms with Crippen LogP contribution in [0.2, 0.25) is 0 Å². The molecule has 0 spiro atoms. The Labute approximate surface area is 110 Å². The molecule has 0 aromatic heterocycles. The molecule has 0 bridgehead atoms. The third kappa shape index (κ3) is 3.72. The van der Waals surface area contributed by atoms with Crippen LogP contribution in [0.15, 0.2) is 6.07 Å². The predicted molar refractivity (Wildman–Crippen MR) is 75.2 cm³/mol. The maximum absolute atomic E-state index is 8.73. The zero-order valence-corrected chi connectivity index (χ0v) is 12.0. The fraction of sp³-hybridized carbons (Fsp3) is 0.600. The largest absolute Gasteiger partial charge is 0.496 e. The minimum atomic E-state index is 0.271. The van der Waals surface area contributed by atoms with Crippen LogP contribution in [0.3, 0.4) is 0 Å². The molecule has 0 unspecified atom stereocenters. The topological polar surface area (TPSA) is 41.5 Å². The smallest absolute Gasteiger partial charge is 0.126 e. The maximum atomic E-state index is 8.73. The highest BCUT2D eigenvalue weighted by atomic mass is 16.5. The molecule has 3 heteroatoms. The Morgan fingerprint density at radius 3 is 2.50 bits per heavy atom. The van der Waals surface area contributed by atoms with Crippen molar-refractivity contribution in [2.24, 2.45) is 0 Å². The fourth-order valence-corrected chi connectivity index (χ4v) is 2.18. The van der Waals surface area contributed by atoms with E-state index in [0.717, 1.165) is 31.7 Å². The van der Waals surface area contributed by atoms with Gasteiger partial charge in [0.05, 0.1) is 7.11 Å². The lowest BCUT2D eigenvalue weighted by atomic mass is 9.99. The lowest BCUT2D eigenvalue weighted by Crippen LogP contribution is -2.17. The van der Waals surface area contributed by atoms with E-state index in [1.54, 1.807) is 7.11 Å². The third-order valence-corrected chi connectivity index (χ3v) is 3.38. The van der Waals surface area contributed by atoms with Gasteiger partial charge < -0.3 is 15.2 Å². The normalized spacial score (nSPS) is 10.7. The molecule has 3 nitrogen and oxygen atoms in total. The number of methoxy groups -OCH3 is 1. The second-order valence-corrected chi connectivity index (χ2v) is 4.75. The number of unbranched alkanes of at least 4 members (excludes halogenated alkanes) is 1. The van der Waals surface area contributed by atoms with Gasteiger partial charge in [0.15, 0.2) is 0 Å². The van der Waals surface area contributed by atoms with E-state index in [-0.39, 0.29) is 6.61 Å². The molecule has 1 aromatic carbocycles. The van der Waals surface area contributed by atoms with Crippen LogP contribution in [0, 0.1) is 20.8 Å². The molecular formula is C15H25NO2. The molecule has 0 aliphatic heterocycles. The van der Waals surface area contributed by atoms with Gasteiger partial charge in [0.1, 0.15) is 5.75 Å². The first kappa shape index (κ1) is 15.0. The summed E-state index contributed by atoms with van der Waals surface area (Å²) in [5, 5.41) is 12.1. The lowest BCUT2D eigenvalue weighted by Gasteiger charge is -2.17. The van der Waals surface area contributed by atoms with Crippen molar-refractivity contribution in [1.29, 1.82) is 0 Å². The highest BCUT2D eigenvalue weighted by Gasteiger charge is 2.11. The number of hydrogen-bond donors (Lipinski definition) is 2. The Kier molecular flexibility index (Phi) is 6.16. The number of rotatable bonds is 7. The summed E-state index contributed by atoms with van der Waals surface area (Å²) in [5.74, 6) is 1.00. The van der Waals surface area contributed by atoms with E-state index in [4.69, 9.17) is 9.84 Å². The highest BCUT2D eigenvalue weighted by molar-refractivity contribution is 5.49. The molecular weight excluding hydrogens is 226 g/mol. The van der Waals surface area contributed by atoms with E-state index in [1.807, 2.05) is 0 Å². The van der Waals surface area contributed by atoms with Crippen molar-refractivity contribution < 1.29 is 9.84 Å². The summed E-state index contributed by atoms with van der Waals surface area (Å²) in [6.45, 7) is 8.36. The number of nitrogens with one attached hydrogen (secondary N) is 1. The summed E-state index contributed by atoms with van der Waals surface area (Å²) in [5.41, 5.74) is 5.00. The number of hydrogen-bond acceptors (Lipinski definition) is 3. The van der Waals surface area contributed by atoms with Crippen molar-refractivity contribution >= 4 is 0 Å². The van der Waals surface area contributed by atoms with Crippen molar-refractivity contribution in [3.8, 4) is 5.75 Å². The minimum absolute atomic E-state index is 0.271. The van der Waals surface area contributed by atoms with Crippen LogP contribution in [0.5, 0.6) is 5.75 Å². The SMILES string of the molecule is COc1c(C)c(C)cc(C)c1CNCCCCO. The fourth-order valence-electron chi connectivity index (χ4n) is 2.18. The molecule has 0 fully saturated rings. The van der Waals surface area contributed by atoms with Gasteiger partial charge in [0.25, 0.3) is 0 Å². The van der Waals surface area contributed by atoms with E-state index in [0.29, 0.717) is 0 Å². The molecule has 2 N–H and O–H groups in total. The number of aryl methyl sites for hydroxylation is 2. The Morgan fingerprint density at radius 1 is 1.17 bits per heavy atom.